The van der Waals surface area contributed by atoms with E-state index in [1.807, 2.05) is 0 Å². The zero-order chi connectivity index (χ0) is 15.4. The number of benzene rings is 1. The quantitative estimate of drug-likeness (QED) is 0.622. The predicted octanol–water partition coefficient (Wildman–Crippen LogP) is 2.32. The van der Waals surface area contributed by atoms with E-state index in [2.05, 4.69) is 0 Å². The topological polar surface area (TPSA) is 83.8 Å². The van der Waals surface area contributed by atoms with Gasteiger partial charge in [-0.2, -0.15) is 0 Å². The lowest BCUT2D eigenvalue weighted by molar-refractivity contribution is -0.146. The molecule has 20 heavy (non-hydrogen) atoms. The van der Waals surface area contributed by atoms with Gasteiger partial charge in [-0.3, -0.25) is 9.36 Å². The van der Waals surface area contributed by atoms with Crippen LogP contribution >= 0.6 is 7.37 Å². The molecule has 1 aromatic rings. The van der Waals surface area contributed by atoms with Gasteiger partial charge >= 0.3 is 5.97 Å². The van der Waals surface area contributed by atoms with Crippen molar-refractivity contribution in [2.75, 3.05) is 12.8 Å². The monoisotopic (exact) mass is 300 g/mol. The number of hydrogen-bond donors (Lipinski definition) is 2. The number of hydrogen-bond acceptors (Lipinski definition) is 4. The lowest BCUT2D eigenvalue weighted by atomic mass is 10.1. The van der Waals surface area contributed by atoms with E-state index in [4.69, 9.17) is 4.74 Å². The van der Waals surface area contributed by atoms with Crippen LogP contribution in [-0.2, 0) is 19.4 Å². The van der Waals surface area contributed by atoms with Crippen LogP contribution in [0.1, 0.15) is 26.3 Å². The van der Waals surface area contributed by atoms with Crippen molar-refractivity contribution >= 4 is 13.3 Å². The molecule has 0 aliphatic rings. The first-order chi connectivity index (χ1) is 9.22. The van der Waals surface area contributed by atoms with Crippen molar-refractivity contribution in [3.63, 3.8) is 0 Å². The second kappa shape index (κ2) is 6.53. The van der Waals surface area contributed by atoms with E-state index in [1.165, 1.54) is 13.8 Å². The molecule has 3 unspecified atom stereocenters. The van der Waals surface area contributed by atoms with Gasteiger partial charge in [-0.15, -0.1) is 0 Å². The maximum absolute atomic E-state index is 12.5. The number of esters is 1. The molecule has 6 heteroatoms. The van der Waals surface area contributed by atoms with Crippen LogP contribution in [0.3, 0.4) is 0 Å². The molecule has 5 nitrogen and oxygen atoms in total. The third-order valence-corrected chi connectivity index (χ3v) is 5.87. The SMILES string of the molecule is CCOC(=O)C(C)CP(=O)(O)C(C)(O)c1ccccc1. The highest BCUT2D eigenvalue weighted by Gasteiger charge is 2.44. The normalized spacial score (nSPS) is 18.6. The molecule has 0 bridgehead atoms. The molecule has 0 heterocycles. The van der Waals surface area contributed by atoms with E-state index in [0.717, 1.165) is 0 Å². The molecule has 0 aliphatic heterocycles. The summed E-state index contributed by atoms with van der Waals surface area (Å²) in [5.41, 5.74) is 0.349. The lowest BCUT2D eigenvalue weighted by Gasteiger charge is -2.30. The summed E-state index contributed by atoms with van der Waals surface area (Å²) in [5.74, 6) is -1.29. The Morgan fingerprint density at radius 3 is 2.45 bits per heavy atom. The van der Waals surface area contributed by atoms with Crippen molar-refractivity contribution in [1.82, 2.24) is 0 Å². The van der Waals surface area contributed by atoms with Gasteiger partial charge in [0.15, 0.2) is 5.34 Å². The van der Waals surface area contributed by atoms with Gasteiger partial charge in [-0.05, 0) is 19.4 Å². The van der Waals surface area contributed by atoms with Gasteiger partial charge in [0.05, 0.1) is 12.5 Å². The number of carbonyl (C=O) groups is 1. The fourth-order valence-electron chi connectivity index (χ4n) is 1.86. The van der Waals surface area contributed by atoms with Gasteiger partial charge in [-0.1, -0.05) is 37.3 Å². The van der Waals surface area contributed by atoms with Gasteiger partial charge in [-0.25, -0.2) is 0 Å². The molecule has 0 saturated heterocycles. The molecule has 0 radical (unpaired) electrons. The van der Waals surface area contributed by atoms with Crippen molar-refractivity contribution in [2.24, 2.45) is 5.92 Å². The Morgan fingerprint density at radius 1 is 1.40 bits per heavy atom. The average Bonchev–Trinajstić information content (AvgIpc) is 2.39. The average molecular weight is 300 g/mol. The summed E-state index contributed by atoms with van der Waals surface area (Å²) in [6.45, 7) is 4.69. The first-order valence-corrected chi connectivity index (χ1v) is 8.33. The maximum Gasteiger partial charge on any atom is 0.309 e. The first-order valence-electron chi connectivity index (χ1n) is 6.49. The van der Waals surface area contributed by atoms with Crippen LogP contribution < -0.4 is 0 Å². The van der Waals surface area contributed by atoms with Crippen LogP contribution in [0, 0.1) is 5.92 Å². The molecule has 1 rings (SSSR count). The van der Waals surface area contributed by atoms with Gasteiger partial charge in [0.25, 0.3) is 0 Å². The highest BCUT2D eigenvalue weighted by atomic mass is 31.2. The minimum atomic E-state index is -4.00. The van der Waals surface area contributed by atoms with E-state index in [0.29, 0.717) is 5.56 Å². The van der Waals surface area contributed by atoms with Gasteiger partial charge in [0, 0.05) is 6.16 Å². The van der Waals surface area contributed by atoms with Crippen molar-refractivity contribution in [3.8, 4) is 0 Å². The Bertz CT molecular complexity index is 498. The Kier molecular flexibility index (Phi) is 5.51. The molecule has 0 fully saturated rings. The Balaban J connectivity index is 2.93. The molecule has 2 N–H and O–H groups in total. The second-order valence-electron chi connectivity index (χ2n) is 4.92. The molecular weight excluding hydrogens is 279 g/mol. The molecule has 3 atom stereocenters. The van der Waals surface area contributed by atoms with Crippen molar-refractivity contribution in [3.05, 3.63) is 35.9 Å². The van der Waals surface area contributed by atoms with Crippen LogP contribution in [0.25, 0.3) is 0 Å². The molecule has 112 valence electrons. The Morgan fingerprint density at radius 2 is 1.95 bits per heavy atom. The van der Waals surface area contributed by atoms with Crippen LogP contribution in [0.15, 0.2) is 30.3 Å². The highest BCUT2D eigenvalue weighted by molar-refractivity contribution is 7.59. The molecule has 0 aliphatic carbocycles. The molecular formula is C14H21O5P. The van der Waals surface area contributed by atoms with Gasteiger partial charge in [0.1, 0.15) is 0 Å². The minimum Gasteiger partial charge on any atom is -0.466 e. The third-order valence-electron chi connectivity index (χ3n) is 3.21. The van der Waals surface area contributed by atoms with E-state index in [1.54, 1.807) is 37.3 Å². The van der Waals surface area contributed by atoms with Crippen LogP contribution in [0.5, 0.6) is 0 Å². The highest BCUT2D eigenvalue weighted by Crippen LogP contribution is 2.59. The fourth-order valence-corrected chi connectivity index (χ4v) is 3.66. The smallest absolute Gasteiger partial charge is 0.309 e. The summed E-state index contributed by atoms with van der Waals surface area (Å²) in [6.07, 6.45) is -0.326. The van der Waals surface area contributed by atoms with Crippen molar-refractivity contribution in [1.29, 1.82) is 0 Å². The van der Waals surface area contributed by atoms with E-state index in [9.17, 15) is 19.4 Å². The zero-order valence-electron chi connectivity index (χ0n) is 11.9. The fraction of sp³-hybridized carbons (Fsp3) is 0.500. The van der Waals surface area contributed by atoms with Crippen molar-refractivity contribution < 1.29 is 24.1 Å². The Labute approximate surface area is 119 Å². The number of rotatable bonds is 6. The molecule has 0 spiro atoms. The summed E-state index contributed by atoms with van der Waals surface area (Å²) in [7, 11) is -4.00. The molecule has 1 aromatic carbocycles. The third kappa shape index (κ3) is 3.69. The van der Waals surface area contributed by atoms with Crippen LogP contribution in [-0.4, -0.2) is 28.7 Å². The summed E-state index contributed by atoms with van der Waals surface area (Å²) in [6, 6.07) is 8.27. The summed E-state index contributed by atoms with van der Waals surface area (Å²) in [4.78, 5) is 21.7. The number of carbonyl (C=O) groups excluding carboxylic acids is 1. The second-order valence-corrected chi connectivity index (χ2v) is 7.56. The molecule has 0 amide bonds. The van der Waals surface area contributed by atoms with E-state index >= 15 is 0 Å². The summed E-state index contributed by atoms with van der Waals surface area (Å²) in [5, 5.41) is 8.52. The van der Waals surface area contributed by atoms with Crippen LogP contribution in [0.4, 0.5) is 0 Å². The zero-order valence-corrected chi connectivity index (χ0v) is 12.8. The van der Waals surface area contributed by atoms with Gasteiger partial charge < -0.3 is 14.7 Å². The molecule has 0 saturated carbocycles. The summed E-state index contributed by atoms with van der Waals surface area (Å²) >= 11 is 0. The van der Waals surface area contributed by atoms with Crippen molar-refractivity contribution in [2.45, 2.75) is 26.1 Å². The number of aliphatic hydroxyl groups is 1. The lowest BCUT2D eigenvalue weighted by Crippen LogP contribution is -2.27. The first kappa shape index (κ1) is 16.9. The van der Waals surface area contributed by atoms with E-state index < -0.39 is 24.6 Å². The predicted molar refractivity (Wildman–Crippen MR) is 76.5 cm³/mol. The minimum absolute atomic E-state index is 0.216. The maximum atomic E-state index is 12.5. The van der Waals surface area contributed by atoms with Gasteiger partial charge in [0.2, 0.25) is 7.37 Å². The Hall–Kier alpha value is -1.16. The standard InChI is InChI=1S/C14H21O5P/c1-4-19-13(15)11(2)10-20(17,18)14(3,16)12-8-6-5-7-9-12/h5-9,11,16H,4,10H2,1-3H3,(H,17,18). The van der Waals surface area contributed by atoms with Crippen LogP contribution in [0.2, 0.25) is 0 Å². The van der Waals surface area contributed by atoms with E-state index in [-0.39, 0.29) is 12.8 Å². The largest absolute Gasteiger partial charge is 0.466 e. The summed E-state index contributed by atoms with van der Waals surface area (Å²) < 4.78 is 17.3. The number of ether oxygens (including phenoxy) is 1. The molecule has 0 aromatic heterocycles.